The second kappa shape index (κ2) is 7.01. The van der Waals surface area contributed by atoms with E-state index in [-0.39, 0.29) is 5.91 Å². The van der Waals surface area contributed by atoms with Gasteiger partial charge in [-0.15, -0.1) is 0 Å². The average Bonchev–Trinajstić information content (AvgIpc) is 2.45. The number of amides is 1. The minimum atomic E-state index is -0.0129. The van der Waals surface area contributed by atoms with Gasteiger partial charge in [-0.1, -0.05) is 6.92 Å². The number of nitrogens with zero attached hydrogens (tertiary/aromatic N) is 2. The Morgan fingerprint density at radius 2 is 2.26 bits per heavy atom. The van der Waals surface area contributed by atoms with E-state index in [0.717, 1.165) is 26.2 Å². The Labute approximate surface area is 122 Å². The molecule has 1 aliphatic heterocycles. The summed E-state index contributed by atoms with van der Waals surface area (Å²) in [5, 5.41) is 3.02. The van der Waals surface area contributed by atoms with E-state index >= 15 is 0 Å². The third kappa shape index (κ3) is 4.28. The summed E-state index contributed by atoms with van der Waals surface area (Å²) in [6.07, 6.45) is 3.99. The Morgan fingerprint density at radius 1 is 1.53 bits per heavy atom. The number of piperidine rings is 1. The number of aromatic nitrogens is 1. The summed E-state index contributed by atoms with van der Waals surface area (Å²) in [5.74, 6) is 0.595. The molecule has 0 aliphatic carbocycles. The van der Waals surface area contributed by atoms with Crippen LogP contribution in [-0.4, -0.2) is 42.0 Å². The second-order valence-electron chi connectivity index (χ2n) is 4.95. The summed E-state index contributed by atoms with van der Waals surface area (Å²) in [7, 11) is 0. The SMILES string of the molecule is CCN1CCC(CNC(=O)c2ccnc(Br)c2)CC1. The van der Waals surface area contributed by atoms with E-state index in [0.29, 0.717) is 16.1 Å². The van der Waals surface area contributed by atoms with E-state index in [1.807, 2.05) is 0 Å². The number of hydrogen-bond donors (Lipinski definition) is 1. The lowest BCUT2D eigenvalue weighted by atomic mass is 9.97. The molecular formula is C14H20BrN3O. The molecule has 1 fully saturated rings. The van der Waals surface area contributed by atoms with Gasteiger partial charge in [-0.25, -0.2) is 4.98 Å². The normalized spacial score (nSPS) is 17.4. The van der Waals surface area contributed by atoms with Gasteiger partial charge in [0.1, 0.15) is 4.60 Å². The van der Waals surface area contributed by atoms with Crippen LogP contribution in [0.5, 0.6) is 0 Å². The number of nitrogens with one attached hydrogen (secondary N) is 1. The molecule has 1 aromatic heterocycles. The summed E-state index contributed by atoms with van der Waals surface area (Å²) in [6.45, 7) is 6.40. The third-order valence-corrected chi connectivity index (χ3v) is 4.13. The molecule has 0 radical (unpaired) electrons. The van der Waals surface area contributed by atoms with Crippen molar-refractivity contribution in [2.45, 2.75) is 19.8 Å². The van der Waals surface area contributed by atoms with E-state index < -0.39 is 0 Å². The van der Waals surface area contributed by atoms with Crippen LogP contribution in [0.25, 0.3) is 0 Å². The molecule has 2 rings (SSSR count). The first kappa shape index (κ1) is 14.5. The van der Waals surface area contributed by atoms with Crippen molar-refractivity contribution < 1.29 is 4.79 Å². The van der Waals surface area contributed by atoms with Gasteiger partial charge >= 0.3 is 0 Å². The highest BCUT2D eigenvalue weighted by molar-refractivity contribution is 9.10. The molecule has 0 atom stereocenters. The number of hydrogen-bond acceptors (Lipinski definition) is 3. The van der Waals surface area contributed by atoms with Crippen LogP contribution in [0.15, 0.2) is 22.9 Å². The highest BCUT2D eigenvalue weighted by atomic mass is 79.9. The molecule has 2 heterocycles. The van der Waals surface area contributed by atoms with Gasteiger partial charge in [-0.3, -0.25) is 4.79 Å². The van der Waals surface area contributed by atoms with Crippen molar-refractivity contribution in [1.29, 1.82) is 0 Å². The van der Waals surface area contributed by atoms with Gasteiger partial charge in [-0.2, -0.15) is 0 Å². The van der Waals surface area contributed by atoms with Crippen LogP contribution < -0.4 is 5.32 Å². The van der Waals surface area contributed by atoms with Crippen LogP contribution >= 0.6 is 15.9 Å². The molecule has 1 saturated heterocycles. The maximum absolute atomic E-state index is 12.0. The highest BCUT2D eigenvalue weighted by Crippen LogP contribution is 2.16. The van der Waals surface area contributed by atoms with Crippen LogP contribution in [0.1, 0.15) is 30.1 Å². The van der Waals surface area contributed by atoms with Crippen molar-refractivity contribution in [3.63, 3.8) is 0 Å². The molecule has 19 heavy (non-hydrogen) atoms. The topological polar surface area (TPSA) is 45.2 Å². The molecule has 0 spiro atoms. The monoisotopic (exact) mass is 325 g/mol. The molecule has 0 aromatic carbocycles. The van der Waals surface area contributed by atoms with Gasteiger partial charge in [0.15, 0.2) is 0 Å². The van der Waals surface area contributed by atoms with Crippen LogP contribution in [0.2, 0.25) is 0 Å². The smallest absolute Gasteiger partial charge is 0.251 e. The molecular weight excluding hydrogens is 306 g/mol. The molecule has 104 valence electrons. The zero-order valence-corrected chi connectivity index (χ0v) is 12.8. The van der Waals surface area contributed by atoms with E-state index in [4.69, 9.17) is 0 Å². The van der Waals surface area contributed by atoms with E-state index in [1.54, 1.807) is 18.3 Å². The van der Waals surface area contributed by atoms with Crippen molar-refractivity contribution in [3.8, 4) is 0 Å². The Hall–Kier alpha value is -0.940. The maximum Gasteiger partial charge on any atom is 0.251 e. The van der Waals surface area contributed by atoms with Gasteiger partial charge in [0.25, 0.3) is 5.91 Å². The first-order chi connectivity index (χ1) is 9.19. The summed E-state index contributed by atoms with van der Waals surface area (Å²) in [4.78, 5) is 18.5. The summed E-state index contributed by atoms with van der Waals surface area (Å²) < 4.78 is 0.691. The molecule has 1 N–H and O–H groups in total. The van der Waals surface area contributed by atoms with Crippen LogP contribution in [-0.2, 0) is 0 Å². The van der Waals surface area contributed by atoms with Gasteiger partial charge in [0, 0.05) is 18.3 Å². The predicted molar refractivity (Wildman–Crippen MR) is 79.1 cm³/mol. The summed E-state index contributed by atoms with van der Waals surface area (Å²) in [6, 6.07) is 3.48. The minimum Gasteiger partial charge on any atom is -0.352 e. The Morgan fingerprint density at radius 3 is 2.89 bits per heavy atom. The lowest BCUT2D eigenvalue weighted by Gasteiger charge is -2.31. The molecule has 0 saturated carbocycles. The molecule has 5 heteroatoms. The molecule has 0 bridgehead atoms. The number of pyridine rings is 1. The minimum absolute atomic E-state index is 0.0129. The standard InChI is InChI=1S/C14H20BrN3O/c1-2-18-7-4-11(5-8-18)10-17-14(19)12-3-6-16-13(15)9-12/h3,6,9,11H,2,4-5,7-8,10H2,1H3,(H,17,19). The number of rotatable bonds is 4. The fourth-order valence-corrected chi connectivity index (χ4v) is 2.75. The van der Waals surface area contributed by atoms with Crippen molar-refractivity contribution in [3.05, 3.63) is 28.5 Å². The molecule has 1 aromatic rings. The summed E-state index contributed by atoms with van der Waals surface area (Å²) in [5.41, 5.74) is 0.660. The van der Waals surface area contributed by atoms with E-state index in [9.17, 15) is 4.79 Å². The fourth-order valence-electron chi connectivity index (χ4n) is 2.39. The van der Waals surface area contributed by atoms with Gasteiger partial charge in [-0.05, 0) is 66.5 Å². The largest absolute Gasteiger partial charge is 0.352 e. The zero-order chi connectivity index (χ0) is 13.7. The number of likely N-dealkylation sites (tertiary alicyclic amines) is 1. The number of halogens is 1. The molecule has 1 amide bonds. The molecule has 0 unspecified atom stereocenters. The maximum atomic E-state index is 12.0. The van der Waals surface area contributed by atoms with Crippen molar-refractivity contribution in [2.75, 3.05) is 26.2 Å². The van der Waals surface area contributed by atoms with E-state index in [1.165, 1.54) is 12.8 Å². The van der Waals surface area contributed by atoms with Crippen molar-refractivity contribution in [2.24, 2.45) is 5.92 Å². The zero-order valence-electron chi connectivity index (χ0n) is 11.2. The Kier molecular flexibility index (Phi) is 5.34. The lowest BCUT2D eigenvalue weighted by molar-refractivity contribution is 0.0936. The molecule has 1 aliphatic rings. The lowest BCUT2D eigenvalue weighted by Crippen LogP contribution is -2.38. The second-order valence-corrected chi connectivity index (χ2v) is 5.77. The third-order valence-electron chi connectivity index (χ3n) is 3.69. The average molecular weight is 326 g/mol. The first-order valence-corrected chi connectivity index (χ1v) is 7.60. The molecule has 4 nitrogen and oxygen atoms in total. The van der Waals surface area contributed by atoms with Gasteiger partial charge < -0.3 is 10.2 Å². The van der Waals surface area contributed by atoms with Gasteiger partial charge in [0.2, 0.25) is 0 Å². The quantitative estimate of drug-likeness (QED) is 0.864. The predicted octanol–water partition coefficient (Wildman–Crippen LogP) is 2.31. The summed E-state index contributed by atoms with van der Waals surface area (Å²) >= 11 is 3.28. The number of carbonyl (C=O) groups excluding carboxylic acids is 1. The van der Waals surface area contributed by atoms with Crippen LogP contribution in [0, 0.1) is 5.92 Å². The van der Waals surface area contributed by atoms with E-state index in [2.05, 4.69) is 38.1 Å². The fraction of sp³-hybridized carbons (Fsp3) is 0.571. The van der Waals surface area contributed by atoms with Gasteiger partial charge in [0.05, 0.1) is 0 Å². The first-order valence-electron chi connectivity index (χ1n) is 6.81. The Balaban J connectivity index is 1.78. The number of carbonyl (C=O) groups is 1. The van der Waals surface area contributed by atoms with Crippen LogP contribution in [0.4, 0.5) is 0 Å². The van der Waals surface area contributed by atoms with Crippen molar-refractivity contribution >= 4 is 21.8 Å². The van der Waals surface area contributed by atoms with Crippen LogP contribution in [0.3, 0.4) is 0 Å². The van der Waals surface area contributed by atoms with Crippen molar-refractivity contribution in [1.82, 2.24) is 15.2 Å². The highest BCUT2D eigenvalue weighted by Gasteiger charge is 2.18. The Bertz CT molecular complexity index is 430.